The van der Waals surface area contributed by atoms with E-state index >= 15 is 0 Å². The Morgan fingerprint density at radius 3 is 1.29 bits per heavy atom. The Morgan fingerprint density at radius 2 is 1.12 bits per heavy atom. The van der Waals surface area contributed by atoms with E-state index in [9.17, 15) is 0 Å². The van der Waals surface area contributed by atoms with Gasteiger partial charge in [-0.2, -0.15) is 0 Å². The second kappa shape index (κ2) is 25.8. The lowest BCUT2D eigenvalue weighted by Gasteiger charge is -2.00. The van der Waals surface area contributed by atoms with E-state index < -0.39 is 0 Å². The van der Waals surface area contributed by atoms with Crippen molar-refractivity contribution in [2.24, 2.45) is 0 Å². The van der Waals surface area contributed by atoms with Crippen LogP contribution in [-0.4, -0.2) is 57.2 Å². The monoisotopic (exact) mass is 330 g/mol. The van der Waals surface area contributed by atoms with Gasteiger partial charge in [-0.25, -0.2) is 0 Å². The summed E-state index contributed by atoms with van der Waals surface area (Å²) in [6.07, 6.45) is 0. The fraction of sp³-hybridized carbons (Fsp3) is 1.00. The molecule has 0 aliphatic heterocycles. The van der Waals surface area contributed by atoms with Crippen LogP contribution in [0.5, 0.6) is 0 Å². The quantitative estimate of drug-likeness (QED) is 0.527. The average molecular weight is 332 g/mol. The highest BCUT2D eigenvalue weighted by atomic mass is 35.5. The first kappa shape index (κ1) is 23.2. The predicted octanol–water partition coefficient (Wildman–Crippen LogP) is 3.57. The smallest absolute Gasteiger partial charge is 0.105 e. The van der Waals surface area contributed by atoms with Crippen molar-refractivity contribution in [3.05, 3.63) is 0 Å². The van der Waals surface area contributed by atoms with Gasteiger partial charge in [0.1, 0.15) is 4.84 Å². The SMILES string of the molecule is CC(Cl)Cl.COCCOCCOC.ClCCCl. The Kier molecular flexibility index (Phi) is 35.1. The standard InChI is InChI=1S/C6H14O3.2C2H4Cl2/c1-7-3-5-9-6-4-8-2;1-2(3)4;3-1-2-4/h3-6H2,1-2H3;2H,1H3;1-2H2. The second-order valence-corrected chi connectivity index (χ2v) is 4.78. The summed E-state index contributed by atoms with van der Waals surface area (Å²) >= 11 is 20.2. The number of halogens is 4. The van der Waals surface area contributed by atoms with E-state index in [-0.39, 0.29) is 4.84 Å². The van der Waals surface area contributed by atoms with Crippen molar-refractivity contribution in [3.8, 4) is 0 Å². The van der Waals surface area contributed by atoms with Crippen molar-refractivity contribution >= 4 is 46.4 Å². The predicted molar refractivity (Wildman–Crippen MR) is 77.2 cm³/mol. The zero-order valence-electron chi connectivity index (χ0n) is 10.6. The molecule has 0 atom stereocenters. The van der Waals surface area contributed by atoms with Crippen molar-refractivity contribution in [3.63, 3.8) is 0 Å². The minimum Gasteiger partial charge on any atom is -0.382 e. The number of hydrogen-bond donors (Lipinski definition) is 0. The minimum atomic E-state index is -0.222. The van der Waals surface area contributed by atoms with Crippen LogP contribution in [0.25, 0.3) is 0 Å². The van der Waals surface area contributed by atoms with E-state index in [0.29, 0.717) is 38.2 Å². The molecule has 0 spiro atoms. The van der Waals surface area contributed by atoms with Crippen molar-refractivity contribution in [1.29, 1.82) is 0 Å². The van der Waals surface area contributed by atoms with Crippen LogP contribution in [0.3, 0.4) is 0 Å². The van der Waals surface area contributed by atoms with Gasteiger partial charge in [0, 0.05) is 26.0 Å². The summed E-state index contributed by atoms with van der Waals surface area (Å²) in [7, 11) is 3.30. The lowest BCUT2D eigenvalue weighted by molar-refractivity contribution is 0.0385. The van der Waals surface area contributed by atoms with Gasteiger partial charge < -0.3 is 14.2 Å². The molecule has 108 valence electrons. The summed E-state index contributed by atoms with van der Waals surface area (Å²) in [4.78, 5) is -0.222. The Hall–Kier alpha value is 1.04. The van der Waals surface area contributed by atoms with Crippen LogP contribution < -0.4 is 0 Å². The third kappa shape index (κ3) is 59.6. The van der Waals surface area contributed by atoms with Crippen LogP contribution in [-0.2, 0) is 14.2 Å². The number of rotatable bonds is 7. The molecule has 0 rings (SSSR count). The topological polar surface area (TPSA) is 27.7 Å². The summed E-state index contributed by atoms with van der Waals surface area (Å²) in [6, 6.07) is 0. The molecule has 0 N–H and O–H groups in total. The molecule has 0 unspecified atom stereocenters. The normalized spacial score (nSPS) is 9.18. The molecule has 0 aromatic heterocycles. The summed E-state index contributed by atoms with van der Waals surface area (Å²) in [5.74, 6) is 1.11. The summed E-state index contributed by atoms with van der Waals surface area (Å²) in [5.41, 5.74) is 0. The highest BCUT2D eigenvalue weighted by molar-refractivity contribution is 6.43. The molecule has 17 heavy (non-hydrogen) atoms. The van der Waals surface area contributed by atoms with Gasteiger partial charge in [-0.15, -0.1) is 46.4 Å². The molecule has 0 aliphatic carbocycles. The molecular formula is C10H22Cl4O3. The molecule has 7 heteroatoms. The lowest BCUT2D eigenvalue weighted by Crippen LogP contribution is -2.06. The van der Waals surface area contributed by atoms with Gasteiger partial charge in [-0.05, 0) is 6.92 Å². The van der Waals surface area contributed by atoms with E-state index in [2.05, 4.69) is 0 Å². The highest BCUT2D eigenvalue weighted by Crippen LogP contribution is 1.95. The maximum atomic E-state index is 5.06. The summed E-state index contributed by atoms with van der Waals surface area (Å²) < 4.78 is 14.6. The molecule has 0 saturated heterocycles. The molecular weight excluding hydrogens is 310 g/mol. The zero-order valence-corrected chi connectivity index (χ0v) is 13.6. The molecule has 0 amide bonds. The van der Waals surface area contributed by atoms with Crippen molar-refractivity contribution in [1.82, 2.24) is 0 Å². The van der Waals surface area contributed by atoms with E-state index in [0.717, 1.165) is 0 Å². The van der Waals surface area contributed by atoms with Crippen LogP contribution in [0.15, 0.2) is 0 Å². The average Bonchev–Trinajstić information content (AvgIpc) is 2.29. The van der Waals surface area contributed by atoms with Gasteiger partial charge >= 0.3 is 0 Å². The van der Waals surface area contributed by atoms with Crippen molar-refractivity contribution in [2.75, 3.05) is 52.4 Å². The van der Waals surface area contributed by atoms with Gasteiger partial charge in [-0.3, -0.25) is 0 Å². The number of hydrogen-bond acceptors (Lipinski definition) is 3. The fourth-order valence-electron chi connectivity index (χ4n) is 0.387. The minimum absolute atomic E-state index is 0.222. The molecule has 0 aromatic rings. The van der Waals surface area contributed by atoms with Gasteiger partial charge in [0.15, 0.2) is 0 Å². The first-order valence-electron chi connectivity index (χ1n) is 5.02. The van der Waals surface area contributed by atoms with Gasteiger partial charge in [-0.1, -0.05) is 0 Å². The fourth-order valence-corrected chi connectivity index (χ4v) is 0.387. The third-order valence-electron chi connectivity index (χ3n) is 0.935. The van der Waals surface area contributed by atoms with Gasteiger partial charge in [0.2, 0.25) is 0 Å². The number of alkyl halides is 4. The molecule has 0 aromatic carbocycles. The maximum Gasteiger partial charge on any atom is 0.105 e. The second-order valence-electron chi connectivity index (χ2n) is 2.49. The largest absolute Gasteiger partial charge is 0.382 e. The van der Waals surface area contributed by atoms with Crippen LogP contribution in [0.4, 0.5) is 0 Å². The van der Waals surface area contributed by atoms with E-state index in [1.54, 1.807) is 21.1 Å². The molecule has 0 bridgehead atoms. The highest BCUT2D eigenvalue weighted by Gasteiger charge is 1.84. The lowest BCUT2D eigenvalue weighted by atomic mass is 10.7. The molecule has 0 heterocycles. The van der Waals surface area contributed by atoms with E-state index in [1.165, 1.54) is 0 Å². The molecule has 0 fully saturated rings. The Labute approximate surface area is 125 Å². The number of methoxy groups -OCH3 is 2. The van der Waals surface area contributed by atoms with Crippen LogP contribution in [0.2, 0.25) is 0 Å². The van der Waals surface area contributed by atoms with Gasteiger partial charge in [0.05, 0.1) is 26.4 Å². The van der Waals surface area contributed by atoms with Crippen LogP contribution >= 0.6 is 46.4 Å². The Morgan fingerprint density at radius 1 is 0.824 bits per heavy atom. The van der Waals surface area contributed by atoms with Crippen molar-refractivity contribution < 1.29 is 14.2 Å². The zero-order chi connectivity index (χ0) is 13.9. The molecule has 3 nitrogen and oxygen atoms in total. The van der Waals surface area contributed by atoms with Crippen molar-refractivity contribution in [2.45, 2.75) is 11.8 Å². The number of ether oxygens (including phenoxy) is 3. The molecule has 0 saturated carbocycles. The molecule has 0 aliphatic rings. The van der Waals surface area contributed by atoms with Gasteiger partial charge in [0.25, 0.3) is 0 Å². The van der Waals surface area contributed by atoms with E-state index in [1.807, 2.05) is 0 Å². The third-order valence-corrected chi connectivity index (χ3v) is 1.51. The Bertz CT molecular complexity index is 96.8. The van der Waals surface area contributed by atoms with E-state index in [4.69, 9.17) is 60.6 Å². The first-order chi connectivity index (χ1) is 8.06. The maximum absolute atomic E-state index is 5.06. The Balaban J connectivity index is -0.000000205. The molecule has 0 radical (unpaired) electrons. The summed E-state index contributed by atoms with van der Waals surface area (Å²) in [6.45, 7) is 4.32. The summed E-state index contributed by atoms with van der Waals surface area (Å²) in [5, 5.41) is 0. The van der Waals surface area contributed by atoms with Crippen LogP contribution in [0.1, 0.15) is 6.92 Å². The van der Waals surface area contributed by atoms with Crippen LogP contribution in [0, 0.1) is 0 Å². The first-order valence-corrected chi connectivity index (χ1v) is 6.96.